The van der Waals surface area contributed by atoms with Gasteiger partial charge in [0.2, 0.25) is 0 Å². The van der Waals surface area contributed by atoms with Crippen LogP contribution in [0.25, 0.3) is 0 Å². The third-order valence-electron chi connectivity index (χ3n) is 6.34. The second kappa shape index (κ2) is 7.46. The number of rotatable bonds is 3. The summed E-state index contributed by atoms with van der Waals surface area (Å²) in [6, 6.07) is 8.38. The van der Waals surface area contributed by atoms with Crippen molar-refractivity contribution in [2.75, 3.05) is 46.3 Å². The van der Waals surface area contributed by atoms with Crippen molar-refractivity contribution >= 4 is 5.91 Å². The number of piperidine rings is 1. The maximum absolute atomic E-state index is 12.9. The molecule has 1 amide bonds. The van der Waals surface area contributed by atoms with E-state index in [2.05, 4.69) is 33.9 Å². The Kier molecular flexibility index (Phi) is 5.09. The number of likely N-dealkylation sites (N-methyl/N-ethyl adjacent to an activating group) is 1. The Labute approximate surface area is 151 Å². The molecular formula is C21H31N3O. The highest BCUT2D eigenvalue weighted by atomic mass is 16.2. The third-order valence-corrected chi connectivity index (χ3v) is 6.34. The molecule has 4 heteroatoms. The summed E-state index contributed by atoms with van der Waals surface area (Å²) in [5.41, 5.74) is 2.18. The molecule has 4 nitrogen and oxygen atoms in total. The SMILES string of the molecule is CN1CCN(Cc2ccc(C(=O)N3C[C@H]4CCC[C@@H](C4)C3)cc2)CC1. The number of hydrogen-bond acceptors (Lipinski definition) is 3. The van der Waals surface area contributed by atoms with Crippen LogP contribution < -0.4 is 0 Å². The fraction of sp³-hybridized carbons (Fsp3) is 0.667. The van der Waals surface area contributed by atoms with Gasteiger partial charge in [-0.3, -0.25) is 9.69 Å². The van der Waals surface area contributed by atoms with Crippen LogP contribution in [0.5, 0.6) is 0 Å². The molecule has 1 aromatic rings. The molecule has 2 aliphatic heterocycles. The molecule has 1 saturated carbocycles. The van der Waals surface area contributed by atoms with Gasteiger partial charge in [-0.2, -0.15) is 0 Å². The van der Waals surface area contributed by atoms with Crippen molar-refractivity contribution in [1.29, 1.82) is 0 Å². The quantitative estimate of drug-likeness (QED) is 0.846. The van der Waals surface area contributed by atoms with Crippen LogP contribution in [0.2, 0.25) is 0 Å². The maximum Gasteiger partial charge on any atom is 0.253 e. The van der Waals surface area contributed by atoms with Crippen LogP contribution in [-0.2, 0) is 6.54 Å². The summed E-state index contributed by atoms with van der Waals surface area (Å²) in [5, 5.41) is 0. The molecule has 2 saturated heterocycles. The molecule has 0 unspecified atom stereocenters. The number of amides is 1. The molecule has 2 atom stereocenters. The van der Waals surface area contributed by atoms with Crippen molar-refractivity contribution in [3.63, 3.8) is 0 Å². The predicted molar refractivity (Wildman–Crippen MR) is 101 cm³/mol. The normalized spacial score (nSPS) is 28.1. The lowest BCUT2D eigenvalue weighted by atomic mass is 9.78. The molecular weight excluding hydrogens is 310 g/mol. The molecule has 3 fully saturated rings. The monoisotopic (exact) mass is 341 g/mol. The third kappa shape index (κ3) is 4.06. The molecule has 2 bridgehead atoms. The largest absolute Gasteiger partial charge is 0.338 e. The summed E-state index contributed by atoms with van der Waals surface area (Å²) >= 11 is 0. The molecule has 0 radical (unpaired) electrons. The molecule has 1 aromatic carbocycles. The minimum Gasteiger partial charge on any atom is -0.338 e. The van der Waals surface area contributed by atoms with Crippen LogP contribution in [0.1, 0.15) is 41.6 Å². The van der Waals surface area contributed by atoms with Crippen molar-refractivity contribution in [3.8, 4) is 0 Å². The lowest BCUT2D eigenvalue weighted by molar-refractivity contribution is 0.0504. The zero-order valence-electron chi connectivity index (χ0n) is 15.5. The number of hydrogen-bond donors (Lipinski definition) is 0. The first-order valence-electron chi connectivity index (χ1n) is 9.96. The van der Waals surface area contributed by atoms with E-state index in [0.29, 0.717) is 0 Å². The Hall–Kier alpha value is -1.39. The van der Waals surface area contributed by atoms with Gasteiger partial charge in [0.05, 0.1) is 0 Å². The van der Waals surface area contributed by atoms with Gasteiger partial charge in [0, 0.05) is 51.4 Å². The summed E-state index contributed by atoms with van der Waals surface area (Å²) in [4.78, 5) is 19.9. The standard InChI is InChI=1S/C21H31N3O/c1-22-9-11-23(12-10-22)14-17-5-7-20(8-6-17)21(25)24-15-18-3-2-4-19(13-18)16-24/h5-8,18-19H,2-4,9-16H2,1H3/t18-,19-/m0/s1. The minimum absolute atomic E-state index is 0.239. The van der Waals surface area contributed by atoms with Gasteiger partial charge in [-0.05, 0) is 55.8 Å². The maximum atomic E-state index is 12.9. The number of carbonyl (C=O) groups is 1. The van der Waals surface area contributed by atoms with Crippen molar-refractivity contribution < 1.29 is 4.79 Å². The zero-order valence-corrected chi connectivity index (χ0v) is 15.5. The highest BCUT2D eigenvalue weighted by molar-refractivity contribution is 5.94. The lowest BCUT2D eigenvalue weighted by Crippen LogP contribution is -2.45. The van der Waals surface area contributed by atoms with E-state index in [1.165, 1.54) is 31.2 Å². The van der Waals surface area contributed by atoms with Crippen molar-refractivity contribution in [2.24, 2.45) is 11.8 Å². The smallest absolute Gasteiger partial charge is 0.253 e. The van der Waals surface area contributed by atoms with Gasteiger partial charge in [-0.15, -0.1) is 0 Å². The molecule has 0 N–H and O–H groups in total. The summed E-state index contributed by atoms with van der Waals surface area (Å²) in [6.45, 7) is 7.50. The van der Waals surface area contributed by atoms with Crippen molar-refractivity contribution in [3.05, 3.63) is 35.4 Å². The highest BCUT2D eigenvalue weighted by Gasteiger charge is 2.32. The van der Waals surface area contributed by atoms with Crippen LogP contribution in [0.4, 0.5) is 0 Å². The zero-order chi connectivity index (χ0) is 17.2. The second-order valence-electron chi connectivity index (χ2n) is 8.39. The Morgan fingerprint density at radius 1 is 1.00 bits per heavy atom. The Morgan fingerprint density at radius 3 is 2.28 bits per heavy atom. The van der Waals surface area contributed by atoms with E-state index in [9.17, 15) is 4.79 Å². The van der Waals surface area contributed by atoms with Gasteiger partial charge in [0.1, 0.15) is 0 Å². The summed E-state index contributed by atoms with van der Waals surface area (Å²) in [5.74, 6) is 1.73. The predicted octanol–water partition coefficient (Wildman–Crippen LogP) is 2.70. The minimum atomic E-state index is 0.239. The van der Waals surface area contributed by atoms with Gasteiger partial charge in [-0.1, -0.05) is 18.6 Å². The van der Waals surface area contributed by atoms with Gasteiger partial charge < -0.3 is 9.80 Å². The summed E-state index contributed by atoms with van der Waals surface area (Å²) < 4.78 is 0. The van der Waals surface area contributed by atoms with Gasteiger partial charge in [-0.25, -0.2) is 0 Å². The number of fused-ring (bicyclic) bond motifs is 2. The first-order chi connectivity index (χ1) is 12.2. The lowest BCUT2D eigenvalue weighted by Gasteiger charge is -2.41. The number of carbonyl (C=O) groups excluding carboxylic acids is 1. The van der Waals surface area contributed by atoms with E-state index in [0.717, 1.165) is 63.2 Å². The molecule has 0 aromatic heterocycles. The average molecular weight is 341 g/mol. The van der Waals surface area contributed by atoms with E-state index < -0.39 is 0 Å². The van der Waals surface area contributed by atoms with Crippen molar-refractivity contribution in [2.45, 2.75) is 32.2 Å². The average Bonchev–Trinajstić information content (AvgIpc) is 2.63. The van der Waals surface area contributed by atoms with E-state index >= 15 is 0 Å². The topological polar surface area (TPSA) is 26.8 Å². The first-order valence-corrected chi connectivity index (χ1v) is 9.96. The molecule has 2 heterocycles. The molecule has 1 aliphatic carbocycles. The van der Waals surface area contributed by atoms with E-state index in [1.807, 2.05) is 12.1 Å². The molecule has 136 valence electrons. The summed E-state index contributed by atoms with van der Waals surface area (Å²) in [7, 11) is 2.19. The van der Waals surface area contributed by atoms with Gasteiger partial charge in [0.15, 0.2) is 0 Å². The fourth-order valence-electron chi connectivity index (χ4n) is 4.80. The molecule has 4 rings (SSSR count). The number of likely N-dealkylation sites (tertiary alicyclic amines) is 1. The number of benzene rings is 1. The van der Waals surface area contributed by atoms with Crippen molar-refractivity contribution in [1.82, 2.24) is 14.7 Å². The summed E-state index contributed by atoms with van der Waals surface area (Å²) in [6.07, 6.45) is 5.32. The van der Waals surface area contributed by atoms with E-state index in [1.54, 1.807) is 0 Å². The molecule has 25 heavy (non-hydrogen) atoms. The molecule has 0 spiro atoms. The number of nitrogens with zero attached hydrogens (tertiary/aromatic N) is 3. The first kappa shape index (κ1) is 17.0. The van der Waals surface area contributed by atoms with Crippen LogP contribution in [-0.4, -0.2) is 66.9 Å². The van der Waals surface area contributed by atoms with Gasteiger partial charge >= 0.3 is 0 Å². The van der Waals surface area contributed by atoms with E-state index in [4.69, 9.17) is 0 Å². The Morgan fingerprint density at radius 2 is 1.64 bits per heavy atom. The fourth-order valence-corrected chi connectivity index (χ4v) is 4.80. The highest BCUT2D eigenvalue weighted by Crippen LogP contribution is 2.34. The molecule has 3 aliphatic rings. The Balaban J connectivity index is 1.35. The van der Waals surface area contributed by atoms with E-state index in [-0.39, 0.29) is 5.91 Å². The van der Waals surface area contributed by atoms with Crippen LogP contribution in [0, 0.1) is 11.8 Å². The number of piperazine rings is 1. The second-order valence-corrected chi connectivity index (χ2v) is 8.39. The van der Waals surface area contributed by atoms with Gasteiger partial charge in [0.25, 0.3) is 5.91 Å². The van der Waals surface area contributed by atoms with Crippen LogP contribution in [0.15, 0.2) is 24.3 Å². The van der Waals surface area contributed by atoms with Crippen LogP contribution >= 0.6 is 0 Å². The Bertz CT molecular complexity index is 580. The van der Waals surface area contributed by atoms with Crippen LogP contribution in [0.3, 0.4) is 0 Å².